The van der Waals surface area contributed by atoms with Crippen molar-refractivity contribution >= 4 is 23.1 Å². The van der Waals surface area contributed by atoms with E-state index in [1.54, 1.807) is 28.3 Å². The highest BCUT2D eigenvalue weighted by Gasteiger charge is 2.12. The van der Waals surface area contributed by atoms with Crippen molar-refractivity contribution in [1.29, 1.82) is 0 Å². The highest BCUT2D eigenvalue weighted by molar-refractivity contribution is 7.13. The van der Waals surface area contributed by atoms with Crippen LogP contribution in [0.3, 0.4) is 0 Å². The zero-order valence-electron chi connectivity index (χ0n) is 13.1. The number of rotatable bonds is 5. The molecule has 0 aliphatic rings. The molecule has 1 N–H and O–H groups in total. The summed E-state index contributed by atoms with van der Waals surface area (Å²) in [5.74, 6) is 0.626. The highest BCUT2D eigenvalue weighted by Crippen LogP contribution is 2.23. The molecule has 2 heterocycles. The Morgan fingerprint density at radius 1 is 1.26 bits per heavy atom. The van der Waals surface area contributed by atoms with E-state index in [2.05, 4.69) is 15.4 Å². The van der Waals surface area contributed by atoms with Gasteiger partial charge in [0, 0.05) is 23.1 Å². The van der Waals surface area contributed by atoms with Gasteiger partial charge in [0.15, 0.2) is 0 Å². The summed E-state index contributed by atoms with van der Waals surface area (Å²) < 4.78 is 1.79. The molecule has 0 spiro atoms. The lowest BCUT2D eigenvalue weighted by molar-refractivity contribution is -0.115. The Morgan fingerprint density at radius 2 is 2.04 bits per heavy atom. The highest BCUT2D eigenvalue weighted by atomic mass is 32.1. The number of hydrogen-bond acceptors (Lipinski definition) is 4. The first-order valence-electron chi connectivity index (χ1n) is 7.46. The van der Waals surface area contributed by atoms with Crippen molar-refractivity contribution in [3.05, 3.63) is 53.7 Å². The number of carbonyl (C=O) groups excluding carboxylic acids is 1. The summed E-state index contributed by atoms with van der Waals surface area (Å²) in [7, 11) is 0. The van der Waals surface area contributed by atoms with E-state index in [1.165, 1.54) is 0 Å². The number of benzene rings is 1. The zero-order valence-corrected chi connectivity index (χ0v) is 13.9. The lowest BCUT2D eigenvalue weighted by Gasteiger charge is -2.11. The minimum atomic E-state index is -0.0858. The van der Waals surface area contributed by atoms with Crippen molar-refractivity contribution in [3.8, 4) is 10.6 Å². The third kappa shape index (κ3) is 3.65. The molecule has 3 aromatic rings. The normalized spacial score (nSPS) is 10.9. The van der Waals surface area contributed by atoms with Crippen LogP contribution in [0.4, 0.5) is 5.82 Å². The fourth-order valence-electron chi connectivity index (χ4n) is 2.28. The van der Waals surface area contributed by atoms with Crippen LogP contribution in [0, 0.1) is 0 Å². The van der Waals surface area contributed by atoms with Gasteiger partial charge in [-0.15, -0.1) is 11.3 Å². The molecule has 2 aromatic heterocycles. The zero-order chi connectivity index (χ0) is 16.2. The molecule has 0 saturated heterocycles. The first kappa shape index (κ1) is 15.4. The van der Waals surface area contributed by atoms with Gasteiger partial charge in [0.05, 0.1) is 18.3 Å². The van der Waals surface area contributed by atoms with Crippen LogP contribution in [0.1, 0.15) is 25.6 Å². The van der Waals surface area contributed by atoms with E-state index in [0.29, 0.717) is 5.82 Å². The van der Waals surface area contributed by atoms with E-state index < -0.39 is 0 Å². The Hall–Kier alpha value is -2.47. The standard InChI is InChI=1S/C17H18N4OS/c1-12(2)21-15(8-9-18-21)20-16(22)10-14-11-23-17(19-14)13-6-4-3-5-7-13/h3-9,11-12H,10H2,1-2H3,(H,20,22). The maximum absolute atomic E-state index is 12.2. The van der Waals surface area contributed by atoms with Crippen LogP contribution < -0.4 is 5.32 Å². The number of amides is 1. The molecule has 0 fully saturated rings. The third-order valence-electron chi connectivity index (χ3n) is 3.34. The molecule has 0 radical (unpaired) electrons. The minimum Gasteiger partial charge on any atom is -0.311 e. The molecule has 0 aliphatic carbocycles. The molecule has 1 amide bonds. The first-order valence-corrected chi connectivity index (χ1v) is 8.34. The van der Waals surface area contributed by atoms with E-state index in [-0.39, 0.29) is 18.4 Å². The van der Waals surface area contributed by atoms with Gasteiger partial charge in [-0.2, -0.15) is 5.10 Å². The molecule has 6 heteroatoms. The topological polar surface area (TPSA) is 59.8 Å². The number of thiazole rings is 1. The monoisotopic (exact) mass is 326 g/mol. The Bertz CT molecular complexity index is 792. The summed E-state index contributed by atoms with van der Waals surface area (Å²) in [6.07, 6.45) is 1.94. The summed E-state index contributed by atoms with van der Waals surface area (Å²) in [4.78, 5) is 16.8. The van der Waals surface area contributed by atoms with Crippen LogP contribution in [0.15, 0.2) is 48.0 Å². The fourth-order valence-corrected chi connectivity index (χ4v) is 3.10. The van der Waals surface area contributed by atoms with E-state index in [1.807, 2.05) is 49.6 Å². The smallest absolute Gasteiger partial charge is 0.231 e. The lowest BCUT2D eigenvalue weighted by atomic mass is 10.2. The molecule has 0 saturated carbocycles. The molecule has 0 bridgehead atoms. The van der Waals surface area contributed by atoms with E-state index in [0.717, 1.165) is 16.3 Å². The molecule has 3 rings (SSSR count). The Morgan fingerprint density at radius 3 is 2.78 bits per heavy atom. The molecule has 1 aromatic carbocycles. The average Bonchev–Trinajstić information content (AvgIpc) is 3.17. The summed E-state index contributed by atoms with van der Waals surface area (Å²) in [6, 6.07) is 12.0. The van der Waals surface area contributed by atoms with Gasteiger partial charge >= 0.3 is 0 Å². The van der Waals surface area contributed by atoms with Gasteiger partial charge in [-0.25, -0.2) is 9.67 Å². The summed E-state index contributed by atoms with van der Waals surface area (Å²) in [6.45, 7) is 4.05. The molecule has 0 aliphatic heterocycles. The summed E-state index contributed by atoms with van der Waals surface area (Å²) in [5.41, 5.74) is 1.85. The SMILES string of the molecule is CC(C)n1nccc1NC(=O)Cc1csc(-c2ccccc2)n1. The summed E-state index contributed by atoms with van der Waals surface area (Å²) in [5, 5.41) is 9.97. The maximum Gasteiger partial charge on any atom is 0.231 e. The second-order valence-corrected chi connectivity index (χ2v) is 6.35. The number of anilines is 1. The molecule has 0 unspecified atom stereocenters. The van der Waals surface area contributed by atoms with Gasteiger partial charge in [-0.1, -0.05) is 30.3 Å². The number of carbonyl (C=O) groups is 1. The first-order chi connectivity index (χ1) is 11.1. The second-order valence-electron chi connectivity index (χ2n) is 5.49. The molecule has 5 nitrogen and oxygen atoms in total. The average molecular weight is 326 g/mol. The predicted octanol–water partition coefficient (Wildman–Crippen LogP) is 3.77. The largest absolute Gasteiger partial charge is 0.311 e. The van der Waals surface area contributed by atoms with Crippen LogP contribution in [0.25, 0.3) is 10.6 Å². The quantitative estimate of drug-likeness (QED) is 0.776. The Balaban J connectivity index is 1.67. The number of aromatic nitrogens is 3. The van der Waals surface area contributed by atoms with Crippen molar-refractivity contribution in [2.24, 2.45) is 0 Å². The summed E-state index contributed by atoms with van der Waals surface area (Å²) >= 11 is 1.55. The van der Waals surface area contributed by atoms with Gasteiger partial charge in [0.1, 0.15) is 10.8 Å². The van der Waals surface area contributed by atoms with Crippen LogP contribution in [-0.2, 0) is 11.2 Å². The van der Waals surface area contributed by atoms with Gasteiger partial charge in [0.25, 0.3) is 0 Å². The molecular weight excluding hydrogens is 308 g/mol. The van der Waals surface area contributed by atoms with Crippen LogP contribution in [0.2, 0.25) is 0 Å². The van der Waals surface area contributed by atoms with Gasteiger partial charge < -0.3 is 5.32 Å². The Labute approximate surface area is 139 Å². The van der Waals surface area contributed by atoms with Crippen molar-refractivity contribution in [2.75, 3.05) is 5.32 Å². The number of nitrogens with zero attached hydrogens (tertiary/aromatic N) is 3. The molecule has 0 atom stereocenters. The van der Waals surface area contributed by atoms with E-state index >= 15 is 0 Å². The van der Waals surface area contributed by atoms with Gasteiger partial charge in [-0.3, -0.25) is 4.79 Å². The van der Waals surface area contributed by atoms with Crippen molar-refractivity contribution < 1.29 is 4.79 Å². The maximum atomic E-state index is 12.2. The van der Waals surface area contributed by atoms with E-state index in [4.69, 9.17) is 0 Å². The van der Waals surface area contributed by atoms with Crippen LogP contribution in [-0.4, -0.2) is 20.7 Å². The fraction of sp³-hybridized carbons (Fsp3) is 0.235. The molecule has 23 heavy (non-hydrogen) atoms. The molecular formula is C17H18N4OS. The molecule has 118 valence electrons. The van der Waals surface area contributed by atoms with Gasteiger partial charge in [0.2, 0.25) is 5.91 Å². The number of hydrogen-bond donors (Lipinski definition) is 1. The van der Waals surface area contributed by atoms with Crippen molar-refractivity contribution in [3.63, 3.8) is 0 Å². The third-order valence-corrected chi connectivity index (χ3v) is 4.28. The minimum absolute atomic E-state index is 0.0858. The van der Waals surface area contributed by atoms with Gasteiger partial charge in [-0.05, 0) is 13.8 Å². The van der Waals surface area contributed by atoms with Crippen molar-refractivity contribution in [2.45, 2.75) is 26.3 Å². The second kappa shape index (κ2) is 6.75. The van der Waals surface area contributed by atoms with Crippen LogP contribution >= 0.6 is 11.3 Å². The Kier molecular flexibility index (Phi) is 4.52. The van der Waals surface area contributed by atoms with Crippen molar-refractivity contribution in [1.82, 2.24) is 14.8 Å². The van der Waals surface area contributed by atoms with Crippen LogP contribution in [0.5, 0.6) is 0 Å². The van der Waals surface area contributed by atoms with E-state index in [9.17, 15) is 4.79 Å². The number of nitrogens with one attached hydrogen (secondary N) is 1. The predicted molar refractivity (Wildman–Crippen MR) is 92.5 cm³/mol. The lowest BCUT2D eigenvalue weighted by Crippen LogP contribution is -2.18.